The maximum atomic E-state index is 5.42. The van der Waals surface area contributed by atoms with Crippen molar-refractivity contribution in [3.63, 3.8) is 0 Å². The summed E-state index contributed by atoms with van der Waals surface area (Å²) in [7, 11) is 0. The summed E-state index contributed by atoms with van der Waals surface area (Å²) in [4.78, 5) is 0. The van der Waals surface area contributed by atoms with E-state index >= 15 is 0 Å². The van der Waals surface area contributed by atoms with Crippen molar-refractivity contribution < 1.29 is 42.6 Å². The Balaban J connectivity index is 2.98. The Hall–Kier alpha value is -0.620. The zero-order chi connectivity index (χ0) is 21.8. The summed E-state index contributed by atoms with van der Waals surface area (Å²) in [6.45, 7) is 15.7. The average Bonchev–Trinajstić information content (AvgIpc) is 2.76. The molecule has 0 fully saturated rings. The van der Waals surface area contributed by atoms with Gasteiger partial charge in [-0.25, -0.2) is 0 Å². The van der Waals surface area contributed by atoms with Gasteiger partial charge in [0.05, 0.1) is 112 Å². The van der Waals surface area contributed by atoms with Crippen molar-refractivity contribution in [1.29, 1.82) is 0 Å². The largest absolute Gasteiger partial charge is 0.379 e. The standard InChI is InChI=1S/C21H42O9/c1-3-5-23-8-9-25-12-13-27-16-17-29-20-21-30-19-18-28-15-14-26-11-10-24-7-6-22-4-2/h3H,1,4-21H2,2H3. The number of hydrogen-bond acceptors (Lipinski definition) is 9. The minimum absolute atomic E-state index is 0.534. The molecule has 0 rings (SSSR count). The zero-order valence-corrected chi connectivity index (χ0v) is 18.7. The summed E-state index contributed by atoms with van der Waals surface area (Å²) in [6, 6.07) is 0. The molecule has 30 heavy (non-hydrogen) atoms. The van der Waals surface area contributed by atoms with Gasteiger partial charge in [-0.05, 0) is 6.92 Å². The maximum Gasteiger partial charge on any atom is 0.0704 e. The second-order valence-corrected chi connectivity index (χ2v) is 5.85. The first-order chi connectivity index (χ1) is 14.9. The third-order valence-electron chi connectivity index (χ3n) is 3.42. The molecule has 0 heterocycles. The molecule has 0 aromatic heterocycles. The lowest BCUT2D eigenvalue weighted by Gasteiger charge is -2.08. The number of hydrogen-bond donors (Lipinski definition) is 0. The van der Waals surface area contributed by atoms with E-state index in [1.807, 2.05) is 6.92 Å². The molecule has 0 spiro atoms. The molecule has 0 atom stereocenters. The molecule has 0 bridgehead atoms. The van der Waals surface area contributed by atoms with Crippen molar-refractivity contribution in [3.05, 3.63) is 12.7 Å². The van der Waals surface area contributed by atoms with E-state index in [1.165, 1.54) is 0 Å². The predicted octanol–water partition coefficient (Wildman–Crippen LogP) is 1.34. The molecule has 0 saturated carbocycles. The first-order valence-corrected chi connectivity index (χ1v) is 10.7. The molecular formula is C21H42O9. The number of ether oxygens (including phenoxy) is 9. The highest BCUT2D eigenvalue weighted by molar-refractivity contribution is 4.63. The summed E-state index contributed by atoms with van der Waals surface area (Å²) >= 11 is 0. The normalized spacial score (nSPS) is 11.2. The maximum absolute atomic E-state index is 5.42. The van der Waals surface area contributed by atoms with E-state index in [0.29, 0.717) is 119 Å². The summed E-state index contributed by atoms with van der Waals surface area (Å²) in [5.74, 6) is 0. The van der Waals surface area contributed by atoms with Crippen LogP contribution in [0.3, 0.4) is 0 Å². The summed E-state index contributed by atoms with van der Waals surface area (Å²) in [5.41, 5.74) is 0. The van der Waals surface area contributed by atoms with Gasteiger partial charge in [0.2, 0.25) is 0 Å². The zero-order valence-electron chi connectivity index (χ0n) is 18.7. The van der Waals surface area contributed by atoms with Crippen molar-refractivity contribution in [2.45, 2.75) is 6.92 Å². The lowest BCUT2D eigenvalue weighted by molar-refractivity contribution is -0.0244. The van der Waals surface area contributed by atoms with E-state index in [4.69, 9.17) is 42.6 Å². The molecule has 0 N–H and O–H groups in total. The lowest BCUT2D eigenvalue weighted by atomic mass is 10.6. The van der Waals surface area contributed by atoms with Gasteiger partial charge in [-0.1, -0.05) is 6.08 Å². The first kappa shape index (κ1) is 29.4. The van der Waals surface area contributed by atoms with E-state index in [2.05, 4.69) is 6.58 Å². The molecule has 0 aromatic rings. The molecule has 0 amide bonds. The summed E-state index contributed by atoms with van der Waals surface area (Å²) < 4.78 is 48.1. The van der Waals surface area contributed by atoms with Gasteiger partial charge in [0.25, 0.3) is 0 Å². The van der Waals surface area contributed by atoms with Gasteiger partial charge in [0, 0.05) is 6.61 Å². The molecule has 0 aliphatic heterocycles. The van der Waals surface area contributed by atoms with Gasteiger partial charge < -0.3 is 42.6 Å². The van der Waals surface area contributed by atoms with Gasteiger partial charge in [-0.15, -0.1) is 6.58 Å². The Morgan fingerprint density at radius 1 is 0.400 bits per heavy atom. The Morgan fingerprint density at radius 3 is 0.867 bits per heavy atom. The van der Waals surface area contributed by atoms with Gasteiger partial charge >= 0.3 is 0 Å². The molecule has 0 aromatic carbocycles. The van der Waals surface area contributed by atoms with Crippen molar-refractivity contribution in [2.24, 2.45) is 0 Å². The van der Waals surface area contributed by atoms with Crippen molar-refractivity contribution in [1.82, 2.24) is 0 Å². The average molecular weight is 439 g/mol. The second-order valence-electron chi connectivity index (χ2n) is 5.85. The predicted molar refractivity (Wildman–Crippen MR) is 113 cm³/mol. The van der Waals surface area contributed by atoms with Crippen LogP contribution >= 0.6 is 0 Å². The van der Waals surface area contributed by atoms with Gasteiger partial charge in [-0.3, -0.25) is 0 Å². The Labute approximate surface area is 181 Å². The third-order valence-corrected chi connectivity index (χ3v) is 3.42. The molecular weight excluding hydrogens is 396 g/mol. The fourth-order valence-corrected chi connectivity index (χ4v) is 1.97. The van der Waals surface area contributed by atoms with E-state index in [9.17, 15) is 0 Å². The van der Waals surface area contributed by atoms with E-state index in [-0.39, 0.29) is 0 Å². The number of rotatable bonds is 27. The third kappa shape index (κ3) is 27.4. The van der Waals surface area contributed by atoms with Crippen LogP contribution in [0.1, 0.15) is 6.92 Å². The van der Waals surface area contributed by atoms with Crippen LogP contribution in [0, 0.1) is 0 Å². The molecule has 0 aliphatic carbocycles. The quantitative estimate of drug-likeness (QED) is 0.139. The molecule has 0 radical (unpaired) electrons. The van der Waals surface area contributed by atoms with Crippen LogP contribution in [0.4, 0.5) is 0 Å². The molecule has 0 aliphatic rings. The lowest BCUT2D eigenvalue weighted by Crippen LogP contribution is -2.15. The van der Waals surface area contributed by atoms with E-state index < -0.39 is 0 Å². The van der Waals surface area contributed by atoms with Crippen LogP contribution < -0.4 is 0 Å². The Bertz CT molecular complexity index is 319. The second kappa shape index (κ2) is 28.4. The Kier molecular flexibility index (Phi) is 27.8. The minimum atomic E-state index is 0.534. The van der Waals surface area contributed by atoms with Crippen LogP contribution in [-0.4, -0.2) is 119 Å². The minimum Gasteiger partial charge on any atom is -0.379 e. The SMILES string of the molecule is C=CCOCCOCCOCCOCCOCCOCCOCCOCCOCC. The Morgan fingerprint density at radius 2 is 0.633 bits per heavy atom. The highest BCUT2D eigenvalue weighted by atomic mass is 16.6. The first-order valence-electron chi connectivity index (χ1n) is 10.7. The van der Waals surface area contributed by atoms with Gasteiger partial charge in [-0.2, -0.15) is 0 Å². The van der Waals surface area contributed by atoms with Crippen LogP contribution in [0.15, 0.2) is 12.7 Å². The fraction of sp³-hybridized carbons (Fsp3) is 0.905. The van der Waals surface area contributed by atoms with Crippen LogP contribution in [0.5, 0.6) is 0 Å². The van der Waals surface area contributed by atoms with Gasteiger partial charge in [0.1, 0.15) is 0 Å². The highest BCUT2D eigenvalue weighted by Gasteiger charge is 1.95. The smallest absolute Gasteiger partial charge is 0.0704 e. The van der Waals surface area contributed by atoms with Gasteiger partial charge in [0.15, 0.2) is 0 Å². The van der Waals surface area contributed by atoms with Crippen LogP contribution in [-0.2, 0) is 42.6 Å². The molecule has 9 heteroatoms. The van der Waals surface area contributed by atoms with Crippen molar-refractivity contribution in [2.75, 3.05) is 119 Å². The molecule has 180 valence electrons. The summed E-state index contributed by atoms with van der Waals surface area (Å²) in [6.07, 6.45) is 1.71. The molecule has 9 nitrogen and oxygen atoms in total. The molecule has 0 saturated heterocycles. The van der Waals surface area contributed by atoms with E-state index in [1.54, 1.807) is 6.08 Å². The van der Waals surface area contributed by atoms with Crippen molar-refractivity contribution >= 4 is 0 Å². The molecule has 0 unspecified atom stereocenters. The fourth-order valence-electron chi connectivity index (χ4n) is 1.97. The van der Waals surface area contributed by atoms with Crippen LogP contribution in [0.25, 0.3) is 0 Å². The topological polar surface area (TPSA) is 83.1 Å². The van der Waals surface area contributed by atoms with Crippen LogP contribution in [0.2, 0.25) is 0 Å². The monoisotopic (exact) mass is 438 g/mol. The van der Waals surface area contributed by atoms with Crippen molar-refractivity contribution in [3.8, 4) is 0 Å². The summed E-state index contributed by atoms with van der Waals surface area (Å²) in [5, 5.41) is 0. The van der Waals surface area contributed by atoms with E-state index in [0.717, 1.165) is 0 Å². The highest BCUT2D eigenvalue weighted by Crippen LogP contribution is 1.86.